The summed E-state index contributed by atoms with van der Waals surface area (Å²) in [5.74, 6) is -0.418. The number of nitrogens with zero attached hydrogens (tertiary/aromatic N) is 2. The number of carbonyl (C=O) groups is 1. The first-order valence-electron chi connectivity index (χ1n) is 7.77. The van der Waals surface area contributed by atoms with Crippen molar-refractivity contribution in [3.8, 4) is 0 Å². The number of aromatic nitrogens is 1. The van der Waals surface area contributed by atoms with Crippen LogP contribution >= 0.6 is 11.3 Å². The smallest absolute Gasteiger partial charge is 0.265 e. The largest absolute Gasteiger partial charge is 0.387 e. The van der Waals surface area contributed by atoms with E-state index < -0.39 is 6.10 Å². The van der Waals surface area contributed by atoms with Gasteiger partial charge in [0.05, 0.1) is 23.9 Å². The summed E-state index contributed by atoms with van der Waals surface area (Å²) in [7, 11) is 0. The maximum atomic E-state index is 13.0. The number of carbonyl (C=O) groups excluding carboxylic acids is 1. The number of amides is 1. The predicted octanol–water partition coefficient (Wildman–Crippen LogP) is 3.18. The Labute approximate surface area is 138 Å². The Kier molecular flexibility index (Phi) is 4.73. The highest BCUT2D eigenvalue weighted by molar-refractivity contribution is 7.13. The van der Waals surface area contributed by atoms with Crippen molar-refractivity contribution in [1.82, 2.24) is 9.88 Å². The molecule has 2 aromatic rings. The molecule has 1 amide bonds. The molecule has 1 unspecified atom stereocenters. The normalized spacial score (nSPS) is 15.4. The molecule has 23 heavy (non-hydrogen) atoms. The topological polar surface area (TPSA) is 53.4 Å². The van der Waals surface area contributed by atoms with Gasteiger partial charge in [-0.15, -0.1) is 11.3 Å². The maximum absolute atomic E-state index is 13.0. The molecular weight excluding hydrogens is 315 g/mol. The number of benzene rings is 1. The lowest BCUT2D eigenvalue weighted by Gasteiger charge is -2.25. The Balaban J connectivity index is 1.73. The summed E-state index contributed by atoms with van der Waals surface area (Å²) in [5, 5.41) is 11.3. The first-order chi connectivity index (χ1) is 11.1. The third-order valence-corrected chi connectivity index (χ3v) is 5.07. The number of halogens is 1. The maximum Gasteiger partial charge on any atom is 0.265 e. The molecule has 4 nitrogen and oxygen atoms in total. The fraction of sp³-hybridized carbons (Fsp3) is 0.412. The number of aliphatic hydroxyl groups is 1. The Morgan fingerprint density at radius 2 is 2.13 bits per heavy atom. The van der Waals surface area contributed by atoms with Crippen LogP contribution in [0.4, 0.5) is 4.39 Å². The van der Waals surface area contributed by atoms with Crippen LogP contribution in [-0.2, 0) is 6.42 Å². The lowest BCUT2D eigenvalue weighted by atomic mass is 10.1. The summed E-state index contributed by atoms with van der Waals surface area (Å²) in [6, 6.07) is 5.93. The molecule has 0 aliphatic heterocycles. The zero-order valence-electron chi connectivity index (χ0n) is 12.9. The van der Waals surface area contributed by atoms with Crippen molar-refractivity contribution in [3.05, 3.63) is 51.7 Å². The van der Waals surface area contributed by atoms with Crippen LogP contribution in [0, 0.1) is 5.82 Å². The fourth-order valence-electron chi connectivity index (χ4n) is 2.47. The van der Waals surface area contributed by atoms with Gasteiger partial charge < -0.3 is 10.0 Å². The SMILES string of the molecule is CCc1ncc(C(=O)N(CC(O)c2ccc(F)cc2)C2CC2)s1. The third-order valence-electron chi connectivity index (χ3n) is 3.94. The Morgan fingerprint density at radius 3 is 2.70 bits per heavy atom. The summed E-state index contributed by atoms with van der Waals surface area (Å²) in [5.41, 5.74) is 0.614. The van der Waals surface area contributed by atoms with E-state index in [1.807, 2.05) is 6.92 Å². The lowest BCUT2D eigenvalue weighted by molar-refractivity contribution is 0.0607. The summed E-state index contributed by atoms with van der Waals surface area (Å²) in [4.78, 5) is 19.3. The summed E-state index contributed by atoms with van der Waals surface area (Å²) >= 11 is 1.41. The third kappa shape index (κ3) is 3.76. The Bertz CT molecular complexity index is 682. The van der Waals surface area contributed by atoms with Crippen molar-refractivity contribution in [2.24, 2.45) is 0 Å². The Morgan fingerprint density at radius 1 is 1.43 bits per heavy atom. The molecule has 1 aromatic heterocycles. The average molecular weight is 334 g/mol. The van der Waals surface area contributed by atoms with Crippen LogP contribution in [0.2, 0.25) is 0 Å². The average Bonchev–Trinajstić information content (AvgIpc) is 3.28. The highest BCUT2D eigenvalue weighted by Gasteiger charge is 2.35. The number of rotatable bonds is 6. The van der Waals surface area contributed by atoms with Crippen LogP contribution < -0.4 is 0 Å². The molecule has 3 rings (SSSR count). The van der Waals surface area contributed by atoms with Gasteiger partial charge in [-0.2, -0.15) is 0 Å². The van der Waals surface area contributed by atoms with E-state index in [9.17, 15) is 14.3 Å². The number of hydrogen-bond acceptors (Lipinski definition) is 4. The first kappa shape index (κ1) is 16.1. The van der Waals surface area contributed by atoms with Crippen LogP contribution in [-0.4, -0.2) is 33.5 Å². The van der Waals surface area contributed by atoms with E-state index in [0.717, 1.165) is 24.3 Å². The predicted molar refractivity (Wildman–Crippen MR) is 86.9 cm³/mol. The molecule has 0 bridgehead atoms. The van der Waals surface area contributed by atoms with Crippen molar-refractivity contribution in [3.63, 3.8) is 0 Å². The fourth-order valence-corrected chi connectivity index (χ4v) is 3.29. The molecule has 0 saturated heterocycles. The number of hydrogen-bond donors (Lipinski definition) is 1. The summed E-state index contributed by atoms with van der Waals surface area (Å²) in [6.45, 7) is 2.22. The summed E-state index contributed by atoms with van der Waals surface area (Å²) < 4.78 is 13.0. The van der Waals surface area contributed by atoms with Gasteiger partial charge in [0.15, 0.2) is 0 Å². The monoisotopic (exact) mass is 334 g/mol. The van der Waals surface area contributed by atoms with Gasteiger partial charge >= 0.3 is 0 Å². The zero-order chi connectivity index (χ0) is 16.4. The van der Waals surface area contributed by atoms with Crippen LogP contribution in [0.1, 0.15) is 46.1 Å². The van der Waals surface area contributed by atoms with Crippen molar-refractivity contribution < 1.29 is 14.3 Å². The molecule has 0 spiro atoms. The minimum Gasteiger partial charge on any atom is -0.387 e. The summed E-state index contributed by atoms with van der Waals surface area (Å²) in [6.07, 6.45) is 3.52. The molecule has 1 heterocycles. The van der Waals surface area contributed by atoms with Gasteiger partial charge in [-0.3, -0.25) is 4.79 Å². The minimum absolute atomic E-state index is 0.0779. The molecule has 1 aromatic carbocycles. The van der Waals surface area contributed by atoms with Gasteiger partial charge in [0.25, 0.3) is 5.91 Å². The van der Waals surface area contributed by atoms with E-state index in [2.05, 4.69) is 4.98 Å². The van der Waals surface area contributed by atoms with Crippen LogP contribution in [0.5, 0.6) is 0 Å². The molecule has 122 valence electrons. The van der Waals surface area contributed by atoms with E-state index in [-0.39, 0.29) is 24.3 Å². The number of aryl methyl sites for hydroxylation is 1. The number of aliphatic hydroxyl groups excluding tert-OH is 1. The molecule has 1 fully saturated rings. The molecule has 1 aliphatic carbocycles. The molecule has 6 heteroatoms. The molecule has 1 N–H and O–H groups in total. The van der Waals surface area contributed by atoms with E-state index >= 15 is 0 Å². The quantitative estimate of drug-likeness (QED) is 0.883. The van der Waals surface area contributed by atoms with E-state index in [0.29, 0.717) is 10.4 Å². The second kappa shape index (κ2) is 6.76. The zero-order valence-corrected chi connectivity index (χ0v) is 13.7. The van der Waals surface area contributed by atoms with E-state index in [1.165, 1.54) is 23.5 Å². The lowest BCUT2D eigenvalue weighted by Crippen LogP contribution is -2.36. The highest BCUT2D eigenvalue weighted by atomic mass is 32.1. The van der Waals surface area contributed by atoms with E-state index in [4.69, 9.17) is 0 Å². The molecule has 1 atom stereocenters. The van der Waals surface area contributed by atoms with Crippen molar-refractivity contribution in [1.29, 1.82) is 0 Å². The Hall–Kier alpha value is -1.79. The highest BCUT2D eigenvalue weighted by Crippen LogP contribution is 2.31. The van der Waals surface area contributed by atoms with Crippen LogP contribution in [0.3, 0.4) is 0 Å². The van der Waals surface area contributed by atoms with Crippen molar-refractivity contribution in [2.75, 3.05) is 6.54 Å². The van der Waals surface area contributed by atoms with E-state index in [1.54, 1.807) is 23.2 Å². The van der Waals surface area contributed by atoms with Gasteiger partial charge in [0.2, 0.25) is 0 Å². The standard InChI is InChI=1S/C17H19FN2O2S/c1-2-16-19-9-15(23-16)17(22)20(13-7-8-13)10-14(21)11-3-5-12(18)6-4-11/h3-6,9,13-14,21H,2,7-8,10H2,1H3. The van der Waals surface area contributed by atoms with Crippen molar-refractivity contribution in [2.45, 2.75) is 38.3 Å². The second-order valence-corrected chi connectivity index (χ2v) is 6.84. The van der Waals surface area contributed by atoms with Gasteiger partial charge in [-0.1, -0.05) is 19.1 Å². The molecule has 0 radical (unpaired) electrons. The first-order valence-corrected chi connectivity index (χ1v) is 8.59. The van der Waals surface area contributed by atoms with Crippen LogP contribution in [0.15, 0.2) is 30.5 Å². The molecule has 1 aliphatic rings. The molecule has 1 saturated carbocycles. The second-order valence-electron chi connectivity index (χ2n) is 5.73. The molecular formula is C17H19FN2O2S. The van der Waals surface area contributed by atoms with Gasteiger partial charge in [-0.05, 0) is 37.0 Å². The van der Waals surface area contributed by atoms with Crippen molar-refractivity contribution >= 4 is 17.2 Å². The minimum atomic E-state index is -0.821. The van der Waals surface area contributed by atoms with Gasteiger partial charge in [0.1, 0.15) is 10.7 Å². The van der Waals surface area contributed by atoms with Gasteiger partial charge in [-0.25, -0.2) is 9.37 Å². The van der Waals surface area contributed by atoms with Gasteiger partial charge in [0, 0.05) is 6.04 Å². The van der Waals surface area contributed by atoms with Crippen LogP contribution in [0.25, 0.3) is 0 Å². The number of thiazole rings is 1.